The molecule has 0 unspecified atom stereocenters. The van der Waals surface area contributed by atoms with E-state index in [9.17, 15) is 0 Å². The molecule has 0 heterocycles. The molecule has 5 nitrogen and oxygen atoms in total. The molecule has 0 amide bonds. The summed E-state index contributed by atoms with van der Waals surface area (Å²) in [5.41, 5.74) is 1.24. The predicted molar refractivity (Wildman–Crippen MR) is 103 cm³/mol. The maximum atomic E-state index is 5.31. The van der Waals surface area contributed by atoms with Crippen molar-refractivity contribution in [1.29, 1.82) is 0 Å². The smallest absolute Gasteiger partial charge is 0.191 e. The fourth-order valence-electron chi connectivity index (χ4n) is 2.00. The summed E-state index contributed by atoms with van der Waals surface area (Å²) in [5, 5.41) is 6.57. The number of hydrogen-bond acceptors (Lipinski definition) is 3. The van der Waals surface area contributed by atoms with Gasteiger partial charge in [0.1, 0.15) is 0 Å². The zero-order valence-electron chi connectivity index (χ0n) is 14.1. The van der Waals surface area contributed by atoms with E-state index < -0.39 is 0 Å². The molecule has 0 aliphatic heterocycles. The second kappa shape index (κ2) is 11.4. The summed E-state index contributed by atoms with van der Waals surface area (Å²) in [6, 6.07) is 6.42. The Morgan fingerprint density at radius 3 is 2.41 bits per heavy atom. The molecule has 126 valence electrons. The summed E-state index contributed by atoms with van der Waals surface area (Å²) in [5.74, 6) is 2.39. The number of hydrogen-bond donors (Lipinski definition) is 2. The van der Waals surface area contributed by atoms with Crippen LogP contribution in [0.15, 0.2) is 23.2 Å². The summed E-state index contributed by atoms with van der Waals surface area (Å²) < 4.78 is 10.6. The summed E-state index contributed by atoms with van der Waals surface area (Å²) in [7, 11) is 5.09. The van der Waals surface area contributed by atoms with E-state index in [0.29, 0.717) is 6.04 Å². The second-order valence-electron chi connectivity index (χ2n) is 5.09. The molecule has 0 radical (unpaired) electrons. The van der Waals surface area contributed by atoms with Crippen LogP contribution in [0.25, 0.3) is 0 Å². The van der Waals surface area contributed by atoms with Gasteiger partial charge in [-0.15, -0.1) is 24.0 Å². The molecule has 1 aromatic carbocycles. The Bertz CT molecular complexity index is 465. The van der Waals surface area contributed by atoms with E-state index in [4.69, 9.17) is 9.47 Å². The monoisotopic (exact) mass is 421 g/mol. The van der Waals surface area contributed by atoms with Gasteiger partial charge in [0.05, 0.1) is 14.2 Å². The van der Waals surface area contributed by atoms with Crippen LogP contribution in [0, 0.1) is 0 Å². The van der Waals surface area contributed by atoms with Gasteiger partial charge in [0.15, 0.2) is 17.5 Å². The van der Waals surface area contributed by atoms with E-state index in [0.717, 1.165) is 36.8 Å². The lowest BCUT2D eigenvalue weighted by atomic mass is 10.1. The lowest BCUT2D eigenvalue weighted by molar-refractivity contribution is 0.354. The van der Waals surface area contributed by atoms with Gasteiger partial charge < -0.3 is 20.1 Å². The Balaban J connectivity index is 0.00000441. The largest absolute Gasteiger partial charge is 0.493 e. The van der Waals surface area contributed by atoms with Gasteiger partial charge in [-0.25, -0.2) is 0 Å². The van der Waals surface area contributed by atoms with Crippen LogP contribution in [0.5, 0.6) is 11.5 Å². The van der Waals surface area contributed by atoms with Crippen LogP contribution in [0.1, 0.15) is 25.8 Å². The highest BCUT2D eigenvalue weighted by molar-refractivity contribution is 14.0. The molecule has 6 heteroatoms. The summed E-state index contributed by atoms with van der Waals surface area (Å²) in [6.45, 7) is 5.06. The van der Waals surface area contributed by atoms with Crippen LogP contribution in [-0.4, -0.2) is 39.8 Å². The lowest BCUT2D eigenvalue weighted by Gasteiger charge is -2.14. The van der Waals surface area contributed by atoms with E-state index in [1.165, 1.54) is 5.56 Å². The Labute approximate surface area is 150 Å². The number of aryl methyl sites for hydroxylation is 1. The quantitative estimate of drug-likeness (QED) is 0.308. The van der Waals surface area contributed by atoms with Gasteiger partial charge in [-0.1, -0.05) is 6.07 Å². The molecule has 2 N–H and O–H groups in total. The van der Waals surface area contributed by atoms with Crippen LogP contribution < -0.4 is 20.1 Å². The fourth-order valence-corrected chi connectivity index (χ4v) is 2.00. The minimum atomic E-state index is 0. The Kier molecular flexibility index (Phi) is 10.8. The average Bonchev–Trinajstić information content (AvgIpc) is 2.49. The van der Waals surface area contributed by atoms with Gasteiger partial charge in [0, 0.05) is 19.6 Å². The summed E-state index contributed by atoms with van der Waals surface area (Å²) >= 11 is 0. The molecule has 0 saturated heterocycles. The highest BCUT2D eigenvalue weighted by Crippen LogP contribution is 2.27. The molecule has 0 aromatic heterocycles. The van der Waals surface area contributed by atoms with Crippen molar-refractivity contribution in [3.8, 4) is 11.5 Å². The first-order valence-corrected chi connectivity index (χ1v) is 7.28. The first-order chi connectivity index (χ1) is 10.1. The molecular weight excluding hydrogens is 393 g/mol. The molecule has 0 saturated carbocycles. The third-order valence-electron chi connectivity index (χ3n) is 3.03. The molecule has 0 fully saturated rings. The first-order valence-electron chi connectivity index (χ1n) is 7.28. The number of nitrogens with one attached hydrogen (secondary N) is 2. The average molecular weight is 421 g/mol. The van der Waals surface area contributed by atoms with Crippen molar-refractivity contribution in [2.75, 3.05) is 27.8 Å². The van der Waals surface area contributed by atoms with E-state index >= 15 is 0 Å². The van der Waals surface area contributed by atoms with Crippen molar-refractivity contribution in [3.05, 3.63) is 23.8 Å². The number of rotatable bonds is 7. The molecule has 0 spiro atoms. The van der Waals surface area contributed by atoms with E-state index in [1.54, 1.807) is 21.3 Å². The number of nitrogens with zero attached hydrogens (tertiary/aromatic N) is 1. The zero-order valence-corrected chi connectivity index (χ0v) is 16.4. The fraction of sp³-hybridized carbons (Fsp3) is 0.562. The van der Waals surface area contributed by atoms with E-state index in [1.807, 2.05) is 12.1 Å². The van der Waals surface area contributed by atoms with Crippen molar-refractivity contribution in [1.82, 2.24) is 10.6 Å². The van der Waals surface area contributed by atoms with Crippen LogP contribution in [0.4, 0.5) is 0 Å². The van der Waals surface area contributed by atoms with Gasteiger partial charge in [0.25, 0.3) is 0 Å². The molecule has 22 heavy (non-hydrogen) atoms. The number of benzene rings is 1. The van der Waals surface area contributed by atoms with Crippen molar-refractivity contribution < 1.29 is 9.47 Å². The van der Waals surface area contributed by atoms with Gasteiger partial charge in [-0.2, -0.15) is 0 Å². The van der Waals surface area contributed by atoms with Gasteiger partial charge in [-0.3, -0.25) is 4.99 Å². The van der Waals surface area contributed by atoms with Gasteiger partial charge >= 0.3 is 0 Å². The number of halogens is 1. The number of aliphatic imine (C=N–C) groups is 1. The molecule has 0 atom stereocenters. The summed E-state index contributed by atoms with van der Waals surface area (Å²) in [6.07, 6.45) is 2.00. The molecule has 1 aromatic rings. The molecule has 0 bridgehead atoms. The number of guanidine groups is 1. The van der Waals surface area contributed by atoms with Crippen LogP contribution >= 0.6 is 24.0 Å². The predicted octanol–water partition coefficient (Wildman–Crippen LogP) is 2.83. The van der Waals surface area contributed by atoms with Crippen LogP contribution in [0.2, 0.25) is 0 Å². The SMILES string of the molecule is CN=C(NCCCc1ccc(OC)c(OC)c1)NC(C)C.I. The minimum Gasteiger partial charge on any atom is -0.493 e. The molecular formula is C16H28IN3O2. The Morgan fingerprint density at radius 1 is 1.18 bits per heavy atom. The maximum Gasteiger partial charge on any atom is 0.191 e. The van der Waals surface area contributed by atoms with Crippen molar-refractivity contribution >= 4 is 29.9 Å². The van der Waals surface area contributed by atoms with Crippen LogP contribution in [0.3, 0.4) is 0 Å². The van der Waals surface area contributed by atoms with E-state index in [2.05, 4.69) is 35.5 Å². The number of ether oxygens (including phenoxy) is 2. The molecule has 0 aliphatic carbocycles. The molecule has 1 rings (SSSR count). The second-order valence-corrected chi connectivity index (χ2v) is 5.09. The third-order valence-corrected chi connectivity index (χ3v) is 3.03. The minimum absolute atomic E-state index is 0. The van der Waals surface area contributed by atoms with Crippen LogP contribution in [-0.2, 0) is 6.42 Å². The normalized spacial score (nSPS) is 10.9. The zero-order chi connectivity index (χ0) is 15.7. The Morgan fingerprint density at radius 2 is 1.86 bits per heavy atom. The van der Waals surface area contributed by atoms with Crippen molar-refractivity contribution in [2.45, 2.75) is 32.7 Å². The maximum absolute atomic E-state index is 5.31. The number of methoxy groups -OCH3 is 2. The van der Waals surface area contributed by atoms with Crippen molar-refractivity contribution in [2.24, 2.45) is 4.99 Å². The third kappa shape index (κ3) is 7.20. The van der Waals surface area contributed by atoms with Gasteiger partial charge in [0.2, 0.25) is 0 Å². The highest BCUT2D eigenvalue weighted by Gasteiger charge is 2.04. The first kappa shape index (κ1) is 20.8. The lowest BCUT2D eigenvalue weighted by Crippen LogP contribution is -2.41. The summed E-state index contributed by atoms with van der Waals surface area (Å²) in [4.78, 5) is 4.18. The molecule has 0 aliphatic rings. The topological polar surface area (TPSA) is 54.9 Å². The van der Waals surface area contributed by atoms with Crippen molar-refractivity contribution in [3.63, 3.8) is 0 Å². The highest BCUT2D eigenvalue weighted by atomic mass is 127. The standard InChI is InChI=1S/C16H27N3O2.HI/c1-12(2)19-16(17-3)18-10-6-7-13-8-9-14(20-4)15(11-13)21-5;/h8-9,11-12H,6-7,10H2,1-5H3,(H2,17,18,19);1H. The van der Waals surface area contributed by atoms with Gasteiger partial charge in [-0.05, 0) is 44.4 Å². The van der Waals surface area contributed by atoms with E-state index in [-0.39, 0.29) is 24.0 Å². The Hall–Kier alpha value is -1.18.